The summed E-state index contributed by atoms with van der Waals surface area (Å²) in [6, 6.07) is 4.74. The fraction of sp³-hybridized carbons (Fsp3) is 0.500. The van der Waals surface area contributed by atoms with Crippen molar-refractivity contribution in [3.8, 4) is 0 Å². The molecule has 0 saturated carbocycles. The standard InChI is InChI=1S/C12H14ClF2N/c13-10-3-1-2-9(11(10)14)8-12(15)4-6-16-7-5-12/h1-3,16H,4-8H2. The minimum Gasteiger partial charge on any atom is -0.316 e. The second-order valence-electron chi connectivity index (χ2n) is 4.29. The van der Waals surface area contributed by atoms with E-state index in [0.29, 0.717) is 31.5 Å². The van der Waals surface area contributed by atoms with E-state index in [4.69, 9.17) is 11.6 Å². The summed E-state index contributed by atoms with van der Waals surface area (Å²) in [7, 11) is 0. The Bertz CT molecular complexity index is 375. The normalized spacial score (nSPS) is 19.7. The van der Waals surface area contributed by atoms with E-state index in [2.05, 4.69) is 5.32 Å². The maximum Gasteiger partial charge on any atom is 0.145 e. The summed E-state index contributed by atoms with van der Waals surface area (Å²) in [5.41, 5.74) is -0.923. The van der Waals surface area contributed by atoms with E-state index in [0.717, 1.165) is 0 Å². The lowest BCUT2D eigenvalue weighted by atomic mass is 9.87. The topological polar surface area (TPSA) is 12.0 Å². The molecule has 1 heterocycles. The third-order valence-corrected chi connectivity index (χ3v) is 3.33. The molecule has 1 saturated heterocycles. The van der Waals surface area contributed by atoms with E-state index >= 15 is 0 Å². The molecule has 0 unspecified atom stereocenters. The third-order valence-electron chi connectivity index (χ3n) is 3.04. The summed E-state index contributed by atoms with van der Waals surface area (Å²) in [6.45, 7) is 1.30. The largest absolute Gasteiger partial charge is 0.316 e. The Hall–Kier alpha value is -0.670. The Morgan fingerprint density at radius 2 is 2.00 bits per heavy atom. The molecule has 1 aromatic carbocycles. The van der Waals surface area contributed by atoms with Crippen molar-refractivity contribution in [1.29, 1.82) is 0 Å². The van der Waals surface area contributed by atoms with E-state index in [1.807, 2.05) is 0 Å². The molecule has 0 radical (unpaired) electrons. The molecule has 1 N–H and O–H groups in total. The average molecular weight is 246 g/mol. The minimum atomic E-state index is -1.29. The lowest BCUT2D eigenvalue weighted by Gasteiger charge is -2.30. The van der Waals surface area contributed by atoms with E-state index in [9.17, 15) is 8.78 Å². The fourth-order valence-corrected chi connectivity index (χ4v) is 2.27. The molecule has 1 fully saturated rings. The molecular formula is C12H14ClF2N. The number of hydrogen-bond donors (Lipinski definition) is 1. The van der Waals surface area contributed by atoms with Crippen LogP contribution in [0.4, 0.5) is 8.78 Å². The quantitative estimate of drug-likeness (QED) is 0.844. The van der Waals surface area contributed by atoms with Gasteiger partial charge in [-0.15, -0.1) is 0 Å². The van der Waals surface area contributed by atoms with Crippen LogP contribution in [0.1, 0.15) is 18.4 Å². The second kappa shape index (κ2) is 4.68. The first-order valence-corrected chi connectivity index (χ1v) is 5.81. The van der Waals surface area contributed by atoms with E-state index in [1.165, 1.54) is 6.07 Å². The van der Waals surface area contributed by atoms with Gasteiger partial charge in [-0.25, -0.2) is 8.78 Å². The van der Waals surface area contributed by atoms with Gasteiger partial charge in [-0.05, 0) is 37.6 Å². The maximum atomic E-state index is 14.3. The summed E-state index contributed by atoms with van der Waals surface area (Å²) in [4.78, 5) is 0. The monoisotopic (exact) mass is 245 g/mol. The molecular weight excluding hydrogens is 232 g/mol. The van der Waals surface area contributed by atoms with Gasteiger partial charge in [-0.3, -0.25) is 0 Å². The van der Waals surface area contributed by atoms with Gasteiger partial charge in [0.15, 0.2) is 0 Å². The predicted molar refractivity (Wildman–Crippen MR) is 61.1 cm³/mol. The summed E-state index contributed by atoms with van der Waals surface area (Å²) < 4.78 is 27.9. The lowest BCUT2D eigenvalue weighted by molar-refractivity contribution is 0.115. The van der Waals surface area contributed by atoms with Gasteiger partial charge in [-0.1, -0.05) is 23.7 Å². The smallest absolute Gasteiger partial charge is 0.145 e. The van der Waals surface area contributed by atoms with Crippen molar-refractivity contribution in [2.75, 3.05) is 13.1 Å². The van der Waals surface area contributed by atoms with Gasteiger partial charge in [0.05, 0.1) is 5.02 Å². The fourth-order valence-electron chi connectivity index (χ4n) is 2.08. The molecule has 0 atom stereocenters. The molecule has 16 heavy (non-hydrogen) atoms. The highest BCUT2D eigenvalue weighted by Gasteiger charge is 2.32. The Morgan fingerprint density at radius 1 is 1.31 bits per heavy atom. The first kappa shape index (κ1) is 11.8. The van der Waals surface area contributed by atoms with Crippen LogP contribution in [0.15, 0.2) is 18.2 Å². The molecule has 0 aromatic heterocycles. The van der Waals surface area contributed by atoms with E-state index in [1.54, 1.807) is 12.1 Å². The molecule has 1 aromatic rings. The highest BCUT2D eigenvalue weighted by atomic mass is 35.5. The van der Waals surface area contributed by atoms with Crippen molar-refractivity contribution < 1.29 is 8.78 Å². The van der Waals surface area contributed by atoms with Crippen molar-refractivity contribution in [3.63, 3.8) is 0 Å². The highest BCUT2D eigenvalue weighted by Crippen LogP contribution is 2.30. The molecule has 1 aliphatic rings. The van der Waals surface area contributed by atoms with Crippen LogP contribution in [-0.4, -0.2) is 18.8 Å². The summed E-state index contributed by atoms with van der Waals surface area (Å²) in [6.07, 6.45) is 0.971. The van der Waals surface area contributed by atoms with Crippen LogP contribution in [0, 0.1) is 5.82 Å². The highest BCUT2D eigenvalue weighted by molar-refractivity contribution is 6.30. The van der Waals surface area contributed by atoms with Crippen LogP contribution in [-0.2, 0) is 6.42 Å². The maximum absolute atomic E-state index is 14.3. The second-order valence-corrected chi connectivity index (χ2v) is 4.70. The van der Waals surface area contributed by atoms with Crippen LogP contribution >= 0.6 is 11.6 Å². The Balaban J connectivity index is 2.16. The third kappa shape index (κ3) is 2.53. The number of nitrogens with one attached hydrogen (secondary N) is 1. The van der Waals surface area contributed by atoms with Gasteiger partial charge in [0, 0.05) is 6.42 Å². The van der Waals surface area contributed by atoms with E-state index < -0.39 is 11.5 Å². The molecule has 88 valence electrons. The minimum absolute atomic E-state index is 0.0648. The Morgan fingerprint density at radius 3 is 2.69 bits per heavy atom. The van der Waals surface area contributed by atoms with Crippen molar-refractivity contribution in [1.82, 2.24) is 5.32 Å². The number of piperidine rings is 1. The predicted octanol–water partition coefficient (Wildman–Crippen LogP) is 3.11. The SMILES string of the molecule is Fc1c(Cl)cccc1CC1(F)CCNCC1. The molecule has 0 bridgehead atoms. The molecule has 0 amide bonds. The molecule has 2 rings (SSSR count). The van der Waals surface area contributed by atoms with Gasteiger partial charge in [0.25, 0.3) is 0 Å². The number of hydrogen-bond acceptors (Lipinski definition) is 1. The first-order valence-electron chi connectivity index (χ1n) is 5.43. The molecule has 1 aliphatic heterocycles. The van der Waals surface area contributed by atoms with Crippen molar-refractivity contribution in [2.24, 2.45) is 0 Å². The Kier molecular flexibility index (Phi) is 3.45. The van der Waals surface area contributed by atoms with Gasteiger partial charge < -0.3 is 5.32 Å². The van der Waals surface area contributed by atoms with Gasteiger partial charge in [0.1, 0.15) is 11.5 Å². The molecule has 1 nitrogen and oxygen atoms in total. The van der Waals surface area contributed by atoms with Crippen LogP contribution in [0.5, 0.6) is 0 Å². The van der Waals surface area contributed by atoms with Gasteiger partial charge in [-0.2, -0.15) is 0 Å². The molecule has 4 heteroatoms. The number of benzene rings is 1. The van der Waals surface area contributed by atoms with Crippen LogP contribution in [0.2, 0.25) is 5.02 Å². The van der Waals surface area contributed by atoms with E-state index in [-0.39, 0.29) is 11.4 Å². The Labute approximate surface area is 98.8 Å². The average Bonchev–Trinajstić information content (AvgIpc) is 2.26. The van der Waals surface area contributed by atoms with Crippen LogP contribution < -0.4 is 5.32 Å². The zero-order valence-corrected chi connectivity index (χ0v) is 9.66. The molecule has 0 aliphatic carbocycles. The summed E-state index contributed by atoms with van der Waals surface area (Å²) >= 11 is 5.67. The number of halogens is 3. The van der Waals surface area contributed by atoms with Crippen LogP contribution in [0.25, 0.3) is 0 Å². The zero-order valence-electron chi connectivity index (χ0n) is 8.90. The van der Waals surface area contributed by atoms with Crippen molar-refractivity contribution in [2.45, 2.75) is 24.9 Å². The molecule has 0 spiro atoms. The first-order chi connectivity index (χ1) is 7.61. The zero-order chi connectivity index (χ0) is 11.6. The summed E-state index contributed by atoms with van der Waals surface area (Å²) in [5, 5.41) is 3.16. The van der Waals surface area contributed by atoms with Crippen LogP contribution in [0.3, 0.4) is 0 Å². The van der Waals surface area contributed by atoms with Crippen molar-refractivity contribution in [3.05, 3.63) is 34.6 Å². The van der Waals surface area contributed by atoms with Gasteiger partial charge >= 0.3 is 0 Å². The number of alkyl halides is 1. The lowest BCUT2D eigenvalue weighted by Crippen LogP contribution is -2.40. The summed E-state index contributed by atoms with van der Waals surface area (Å²) in [5.74, 6) is -0.486. The van der Waals surface area contributed by atoms with Crippen molar-refractivity contribution >= 4 is 11.6 Å². The van der Waals surface area contributed by atoms with Gasteiger partial charge in [0.2, 0.25) is 0 Å². The number of rotatable bonds is 2.